The number of anilines is 1. The number of rotatable bonds is 1. The second-order valence-electron chi connectivity index (χ2n) is 6.10. The lowest BCUT2D eigenvalue weighted by molar-refractivity contribution is -0.118. The Morgan fingerprint density at radius 2 is 2.24 bits per heavy atom. The van der Waals surface area contributed by atoms with Crippen molar-refractivity contribution in [2.75, 3.05) is 38.1 Å². The molecule has 2 heterocycles. The van der Waals surface area contributed by atoms with Gasteiger partial charge in [0.05, 0.1) is 18.3 Å². The van der Waals surface area contributed by atoms with E-state index in [0.29, 0.717) is 19.1 Å². The molecule has 0 unspecified atom stereocenters. The van der Waals surface area contributed by atoms with Gasteiger partial charge >= 0.3 is 0 Å². The molecule has 114 valence electrons. The van der Waals surface area contributed by atoms with Gasteiger partial charge in [-0.3, -0.25) is 9.69 Å². The molecule has 0 spiro atoms. The fraction of sp³-hybridized carbons (Fsp3) is 0.562. The first-order valence-corrected chi connectivity index (χ1v) is 7.65. The van der Waals surface area contributed by atoms with Gasteiger partial charge in [0.25, 0.3) is 0 Å². The Balaban J connectivity index is 1.87. The SMILES string of the molecule is CC(C)c1ccc2c(c1)NC(=O)CN1CCNC[C@H]1CO2. The van der Waals surface area contributed by atoms with Crippen LogP contribution in [-0.4, -0.2) is 49.6 Å². The fourth-order valence-corrected chi connectivity index (χ4v) is 2.87. The lowest BCUT2D eigenvalue weighted by Crippen LogP contribution is -2.55. The molecule has 2 aliphatic rings. The summed E-state index contributed by atoms with van der Waals surface area (Å²) >= 11 is 0. The van der Waals surface area contributed by atoms with E-state index in [0.717, 1.165) is 31.1 Å². The molecule has 1 amide bonds. The van der Waals surface area contributed by atoms with Crippen molar-refractivity contribution in [2.24, 2.45) is 0 Å². The Kier molecular flexibility index (Phi) is 4.12. The maximum absolute atomic E-state index is 12.3. The quantitative estimate of drug-likeness (QED) is 0.821. The van der Waals surface area contributed by atoms with Crippen molar-refractivity contribution < 1.29 is 9.53 Å². The van der Waals surface area contributed by atoms with Crippen LogP contribution < -0.4 is 15.4 Å². The Morgan fingerprint density at radius 1 is 1.38 bits per heavy atom. The minimum absolute atomic E-state index is 0.0366. The van der Waals surface area contributed by atoms with Gasteiger partial charge in [0.1, 0.15) is 12.4 Å². The number of hydrogen-bond donors (Lipinski definition) is 2. The monoisotopic (exact) mass is 289 g/mol. The minimum Gasteiger partial charge on any atom is -0.490 e. The average molecular weight is 289 g/mol. The zero-order valence-corrected chi connectivity index (χ0v) is 12.7. The third-order valence-electron chi connectivity index (χ3n) is 4.19. The summed E-state index contributed by atoms with van der Waals surface area (Å²) < 4.78 is 5.96. The van der Waals surface area contributed by atoms with E-state index in [9.17, 15) is 4.79 Å². The number of fused-ring (bicyclic) bond motifs is 2. The van der Waals surface area contributed by atoms with E-state index in [1.807, 2.05) is 12.1 Å². The smallest absolute Gasteiger partial charge is 0.238 e. The molecule has 2 aliphatic heterocycles. The first-order chi connectivity index (χ1) is 10.1. The number of hydrogen-bond acceptors (Lipinski definition) is 4. The summed E-state index contributed by atoms with van der Waals surface area (Å²) in [6.07, 6.45) is 0. The van der Waals surface area contributed by atoms with E-state index in [2.05, 4.69) is 35.4 Å². The van der Waals surface area contributed by atoms with Crippen LogP contribution in [-0.2, 0) is 4.79 Å². The van der Waals surface area contributed by atoms with Crippen molar-refractivity contribution in [3.05, 3.63) is 23.8 Å². The summed E-state index contributed by atoms with van der Waals surface area (Å²) in [7, 11) is 0. The minimum atomic E-state index is 0.0366. The van der Waals surface area contributed by atoms with Crippen molar-refractivity contribution in [1.29, 1.82) is 0 Å². The normalized spacial score (nSPS) is 23.2. The third kappa shape index (κ3) is 3.19. The molecule has 0 bridgehead atoms. The molecular weight excluding hydrogens is 266 g/mol. The third-order valence-corrected chi connectivity index (χ3v) is 4.19. The molecule has 0 aliphatic carbocycles. The Morgan fingerprint density at radius 3 is 3.05 bits per heavy atom. The van der Waals surface area contributed by atoms with Gasteiger partial charge < -0.3 is 15.4 Å². The molecule has 5 heteroatoms. The van der Waals surface area contributed by atoms with Crippen molar-refractivity contribution >= 4 is 11.6 Å². The van der Waals surface area contributed by atoms with Crippen LogP contribution in [0.25, 0.3) is 0 Å². The lowest BCUT2D eigenvalue weighted by Gasteiger charge is -2.34. The van der Waals surface area contributed by atoms with Crippen LogP contribution in [0.5, 0.6) is 5.75 Å². The van der Waals surface area contributed by atoms with Crippen molar-refractivity contribution in [3.8, 4) is 5.75 Å². The van der Waals surface area contributed by atoms with Crippen molar-refractivity contribution in [1.82, 2.24) is 10.2 Å². The zero-order chi connectivity index (χ0) is 14.8. The number of ether oxygens (including phenoxy) is 1. The van der Waals surface area contributed by atoms with Gasteiger partial charge in [-0.15, -0.1) is 0 Å². The number of carbonyl (C=O) groups excluding carboxylic acids is 1. The molecule has 3 rings (SSSR count). The van der Waals surface area contributed by atoms with Crippen molar-refractivity contribution in [2.45, 2.75) is 25.8 Å². The predicted octanol–water partition coefficient (Wildman–Crippen LogP) is 1.41. The van der Waals surface area contributed by atoms with Gasteiger partial charge in [0.2, 0.25) is 5.91 Å². The molecule has 1 atom stereocenters. The molecule has 5 nitrogen and oxygen atoms in total. The molecule has 0 aromatic heterocycles. The molecule has 0 radical (unpaired) electrons. The van der Waals surface area contributed by atoms with Crippen LogP contribution in [0.4, 0.5) is 5.69 Å². The highest BCUT2D eigenvalue weighted by molar-refractivity contribution is 5.94. The molecule has 1 aromatic carbocycles. The summed E-state index contributed by atoms with van der Waals surface area (Å²) in [6.45, 7) is 8.00. The average Bonchev–Trinajstić information content (AvgIpc) is 2.53. The van der Waals surface area contributed by atoms with Crippen LogP contribution in [0, 0.1) is 0 Å². The zero-order valence-electron chi connectivity index (χ0n) is 12.7. The number of piperazine rings is 1. The van der Waals surface area contributed by atoms with E-state index in [4.69, 9.17) is 4.74 Å². The molecule has 21 heavy (non-hydrogen) atoms. The highest BCUT2D eigenvalue weighted by Crippen LogP contribution is 2.30. The first kappa shape index (κ1) is 14.4. The number of nitrogens with zero attached hydrogens (tertiary/aromatic N) is 1. The standard InChI is InChI=1S/C16H23N3O2/c1-11(2)12-3-4-15-14(7-12)18-16(20)9-19-6-5-17-8-13(19)10-21-15/h3-4,7,11,13,17H,5-6,8-10H2,1-2H3,(H,18,20)/t13-/m0/s1. The Labute approximate surface area is 125 Å². The second kappa shape index (κ2) is 6.03. The summed E-state index contributed by atoms with van der Waals surface area (Å²) in [4.78, 5) is 14.5. The molecule has 1 fully saturated rings. The highest BCUT2D eigenvalue weighted by atomic mass is 16.5. The maximum Gasteiger partial charge on any atom is 0.238 e. The molecule has 2 N–H and O–H groups in total. The highest BCUT2D eigenvalue weighted by Gasteiger charge is 2.27. The summed E-state index contributed by atoms with van der Waals surface area (Å²) in [5.41, 5.74) is 2.00. The predicted molar refractivity (Wildman–Crippen MR) is 82.9 cm³/mol. The molecule has 0 saturated carbocycles. The van der Waals surface area contributed by atoms with E-state index >= 15 is 0 Å². The first-order valence-electron chi connectivity index (χ1n) is 7.65. The van der Waals surface area contributed by atoms with Gasteiger partial charge in [-0.05, 0) is 23.6 Å². The Bertz CT molecular complexity index is 530. The van der Waals surface area contributed by atoms with Gasteiger partial charge in [-0.2, -0.15) is 0 Å². The summed E-state index contributed by atoms with van der Waals surface area (Å²) in [6, 6.07) is 6.32. The topological polar surface area (TPSA) is 53.6 Å². The van der Waals surface area contributed by atoms with Crippen LogP contribution in [0.15, 0.2) is 18.2 Å². The van der Waals surface area contributed by atoms with E-state index in [-0.39, 0.29) is 11.9 Å². The van der Waals surface area contributed by atoms with Crippen LogP contribution in [0.1, 0.15) is 25.3 Å². The van der Waals surface area contributed by atoms with Crippen LogP contribution in [0.2, 0.25) is 0 Å². The number of nitrogens with one attached hydrogen (secondary N) is 2. The molecule has 1 saturated heterocycles. The second-order valence-corrected chi connectivity index (χ2v) is 6.10. The molecule has 1 aromatic rings. The maximum atomic E-state index is 12.3. The fourth-order valence-electron chi connectivity index (χ4n) is 2.87. The number of amides is 1. The summed E-state index contributed by atoms with van der Waals surface area (Å²) in [5, 5.41) is 6.37. The van der Waals surface area contributed by atoms with E-state index < -0.39 is 0 Å². The Hall–Kier alpha value is -1.59. The van der Waals surface area contributed by atoms with Gasteiger partial charge in [0.15, 0.2) is 0 Å². The van der Waals surface area contributed by atoms with Gasteiger partial charge in [-0.1, -0.05) is 19.9 Å². The van der Waals surface area contributed by atoms with Gasteiger partial charge in [0, 0.05) is 19.6 Å². The van der Waals surface area contributed by atoms with E-state index in [1.54, 1.807) is 0 Å². The van der Waals surface area contributed by atoms with E-state index in [1.165, 1.54) is 5.56 Å². The number of benzene rings is 1. The summed E-state index contributed by atoms with van der Waals surface area (Å²) in [5.74, 6) is 1.23. The van der Waals surface area contributed by atoms with Gasteiger partial charge in [-0.25, -0.2) is 0 Å². The number of carbonyl (C=O) groups is 1. The van der Waals surface area contributed by atoms with Crippen LogP contribution >= 0.6 is 0 Å². The largest absolute Gasteiger partial charge is 0.490 e. The lowest BCUT2D eigenvalue weighted by atomic mass is 10.0. The molecular formula is C16H23N3O2. The van der Waals surface area contributed by atoms with Crippen molar-refractivity contribution in [3.63, 3.8) is 0 Å². The van der Waals surface area contributed by atoms with Crippen LogP contribution in [0.3, 0.4) is 0 Å².